The highest BCUT2D eigenvalue weighted by atomic mass is 14.7. The van der Waals surface area contributed by atoms with Gasteiger partial charge in [0.2, 0.25) is 0 Å². The molecular formula is C18H21N. The summed E-state index contributed by atoms with van der Waals surface area (Å²) in [5, 5.41) is 0. The average Bonchev–Trinajstić information content (AvgIpc) is 2.90. The van der Waals surface area contributed by atoms with Crippen LogP contribution in [0.25, 0.3) is 0 Å². The number of benzene rings is 2. The average molecular weight is 251 g/mol. The highest BCUT2D eigenvalue weighted by Crippen LogP contribution is 2.33. The van der Waals surface area contributed by atoms with Crippen LogP contribution in [0.1, 0.15) is 35.2 Å². The van der Waals surface area contributed by atoms with Gasteiger partial charge in [-0.05, 0) is 47.4 Å². The van der Waals surface area contributed by atoms with Crippen LogP contribution in [0.5, 0.6) is 0 Å². The third-order valence-electron chi connectivity index (χ3n) is 4.36. The molecule has 2 aromatic rings. The summed E-state index contributed by atoms with van der Waals surface area (Å²) in [7, 11) is 0. The number of aryl methyl sites for hydroxylation is 1. The zero-order valence-corrected chi connectivity index (χ0v) is 11.5. The van der Waals surface area contributed by atoms with Crippen LogP contribution in [0.2, 0.25) is 0 Å². The van der Waals surface area contributed by atoms with Gasteiger partial charge in [0.15, 0.2) is 0 Å². The third kappa shape index (κ3) is 2.43. The van der Waals surface area contributed by atoms with Gasteiger partial charge in [0, 0.05) is 6.04 Å². The van der Waals surface area contributed by atoms with E-state index >= 15 is 0 Å². The van der Waals surface area contributed by atoms with Gasteiger partial charge < -0.3 is 5.73 Å². The van der Waals surface area contributed by atoms with Gasteiger partial charge in [-0.2, -0.15) is 0 Å². The lowest BCUT2D eigenvalue weighted by atomic mass is 9.91. The first-order valence-electron chi connectivity index (χ1n) is 7.19. The zero-order valence-electron chi connectivity index (χ0n) is 11.5. The van der Waals surface area contributed by atoms with Crippen molar-refractivity contribution in [3.63, 3.8) is 0 Å². The lowest BCUT2D eigenvalue weighted by molar-refractivity contribution is 0.453. The van der Waals surface area contributed by atoms with Crippen LogP contribution in [0, 0.1) is 5.92 Å². The van der Waals surface area contributed by atoms with E-state index in [1.807, 2.05) is 0 Å². The van der Waals surface area contributed by atoms with Crippen LogP contribution in [0.4, 0.5) is 0 Å². The molecule has 98 valence electrons. The molecule has 1 atom stereocenters. The first-order valence-corrected chi connectivity index (χ1v) is 7.19. The van der Waals surface area contributed by atoms with Crippen molar-refractivity contribution in [2.24, 2.45) is 11.7 Å². The van der Waals surface area contributed by atoms with Crippen LogP contribution >= 0.6 is 0 Å². The molecule has 1 nitrogen and oxygen atoms in total. The Morgan fingerprint density at radius 1 is 1.00 bits per heavy atom. The highest BCUT2D eigenvalue weighted by molar-refractivity contribution is 5.34. The topological polar surface area (TPSA) is 26.0 Å². The fourth-order valence-electron chi connectivity index (χ4n) is 3.09. The molecule has 0 aromatic heterocycles. The molecule has 2 N–H and O–H groups in total. The molecule has 1 heteroatoms. The molecule has 2 aromatic carbocycles. The SMILES string of the molecule is CCc1ccc(C(N)C2Cc3ccccc3C2)cc1. The minimum Gasteiger partial charge on any atom is -0.324 e. The highest BCUT2D eigenvalue weighted by Gasteiger charge is 2.26. The molecule has 0 fully saturated rings. The molecule has 0 bridgehead atoms. The Bertz CT molecular complexity index is 531. The Morgan fingerprint density at radius 3 is 2.11 bits per heavy atom. The van der Waals surface area contributed by atoms with Gasteiger partial charge in [-0.3, -0.25) is 0 Å². The summed E-state index contributed by atoms with van der Waals surface area (Å²) in [4.78, 5) is 0. The second-order valence-corrected chi connectivity index (χ2v) is 5.56. The van der Waals surface area contributed by atoms with Crippen molar-refractivity contribution in [1.82, 2.24) is 0 Å². The standard InChI is InChI=1S/C18H21N/c1-2-13-7-9-14(10-8-13)18(19)17-11-15-5-3-4-6-16(15)12-17/h3-10,17-18H,2,11-12,19H2,1H3. The van der Waals surface area contributed by atoms with Crippen LogP contribution in [0.3, 0.4) is 0 Å². The molecule has 1 aliphatic rings. The van der Waals surface area contributed by atoms with E-state index in [1.54, 1.807) is 0 Å². The Balaban J connectivity index is 1.77. The number of nitrogens with two attached hydrogens (primary N) is 1. The maximum Gasteiger partial charge on any atom is 0.0329 e. The summed E-state index contributed by atoms with van der Waals surface area (Å²) in [6.07, 6.45) is 3.32. The predicted octanol–water partition coefficient (Wildman–Crippen LogP) is 3.66. The van der Waals surface area contributed by atoms with Crippen molar-refractivity contribution in [2.45, 2.75) is 32.2 Å². The van der Waals surface area contributed by atoms with Gasteiger partial charge in [0.05, 0.1) is 0 Å². The fourth-order valence-corrected chi connectivity index (χ4v) is 3.09. The molecule has 0 heterocycles. The molecule has 1 unspecified atom stereocenters. The molecule has 0 radical (unpaired) electrons. The second kappa shape index (κ2) is 5.18. The first kappa shape index (κ1) is 12.4. The lowest BCUT2D eigenvalue weighted by Crippen LogP contribution is -2.21. The van der Waals surface area contributed by atoms with E-state index < -0.39 is 0 Å². The Hall–Kier alpha value is -1.60. The van der Waals surface area contributed by atoms with E-state index in [4.69, 9.17) is 5.73 Å². The fraction of sp³-hybridized carbons (Fsp3) is 0.333. The molecule has 0 saturated carbocycles. The van der Waals surface area contributed by atoms with Crippen molar-refractivity contribution >= 4 is 0 Å². The van der Waals surface area contributed by atoms with Crippen molar-refractivity contribution in [1.29, 1.82) is 0 Å². The molecular weight excluding hydrogens is 230 g/mol. The minimum absolute atomic E-state index is 0.151. The van der Waals surface area contributed by atoms with Crippen LogP contribution < -0.4 is 5.73 Å². The van der Waals surface area contributed by atoms with Gasteiger partial charge in [-0.15, -0.1) is 0 Å². The number of hydrogen-bond acceptors (Lipinski definition) is 1. The number of fused-ring (bicyclic) bond motifs is 1. The molecule has 0 amide bonds. The van der Waals surface area contributed by atoms with Gasteiger partial charge in [0.25, 0.3) is 0 Å². The molecule has 3 rings (SSSR count). The first-order chi connectivity index (χ1) is 9.28. The summed E-state index contributed by atoms with van der Waals surface area (Å²) in [5.74, 6) is 0.546. The third-order valence-corrected chi connectivity index (χ3v) is 4.36. The number of hydrogen-bond donors (Lipinski definition) is 1. The monoisotopic (exact) mass is 251 g/mol. The normalized spacial score (nSPS) is 16.3. The van der Waals surface area contributed by atoms with E-state index in [0.717, 1.165) is 19.3 Å². The van der Waals surface area contributed by atoms with Gasteiger partial charge in [-0.25, -0.2) is 0 Å². The predicted molar refractivity (Wildman–Crippen MR) is 80.1 cm³/mol. The van der Waals surface area contributed by atoms with Crippen molar-refractivity contribution in [3.05, 3.63) is 70.8 Å². The molecule has 1 aliphatic carbocycles. The maximum absolute atomic E-state index is 6.47. The zero-order chi connectivity index (χ0) is 13.2. The largest absolute Gasteiger partial charge is 0.324 e. The quantitative estimate of drug-likeness (QED) is 0.885. The van der Waals surface area contributed by atoms with E-state index in [-0.39, 0.29) is 6.04 Å². The van der Waals surface area contributed by atoms with E-state index in [2.05, 4.69) is 55.5 Å². The van der Waals surface area contributed by atoms with Gasteiger partial charge >= 0.3 is 0 Å². The molecule has 19 heavy (non-hydrogen) atoms. The molecule has 0 aliphatic heterocycles. The van der Waals surface area contributed by atoms with Crippen molar-refractivity contribution in [2.75, 3.05) is 0 Å². The van der Waals surface area contributed by atoms with Crippen LogP contribution in [0.15, 0.2) is 48.5 Å². The van der Waals surface area contributed by atoms with Crippen LogP contribution in [-0.4, -0.2) is 0 Å². The number of rotatable bonds is 3. The van der Waals surface area contributed by atoms with E-state index in [0.29, 0.717) is 5.92 Å². The summed E-state index contributed by atoms with van der Waals surface area (Å²) in [6.45, 7) is 2.18. The summed E-state index contributed by atoms with van der Waals surface area (Å²) < 4.78 is 0. The smallest absolute Gasteiger partial charge is 0.0329 e. The van der Waals surface area contributed by atoms with Gasteiger partial charge in [0.1, 0.15) is 0 Å². The Kier molecular flexibility index (Phi) is 3.39. The Labute approximate surface area is 115 Å². The van der Waals surface area contributed by atoms with Crippen LogP contribution in [-0.2, 0) is 19.3 Å². The molecule has 0 spiro atoms. The molecule has 0 saturated heterocycles. The second-order valence-electron chi connectivity index (χ2n) is 5.56. The summed E-state index contributed by atoms with van der Waals surface area (Å²) in [6, 6.07) is 17.7. The summed E-state index contributed by atoms with van der Waals surface area (Å²) >= 11 is 0. The van der Waals surface area contributed by atoms with E-state index in [9.17, 15) is 0 Å². The lowest BCUT2D eigenvalue weighted by Gasteiger charge is -2.19. The minimum atomic E-state index is 0.151. The van der Waals surface area contributed by atoms with Crippen molar-refractivity contribution < 1.29 is 0 Å². The Morgan fingerprint density at radius 2 is 1.58 bits per heavy atom. The van der Waals surface area contributed by atoms with E-state index in [1.165, 1.54) is 22.3 Å². The maximum atomic E-state index is 6.47. The summed E-state index contributed by atoms with van der Waals surface area (Å²) in [5.41, 5.74) is 12.1. The van der Waals surface area contributed by atoms with Crippen molar-refractivity contribution in [3.8, 4) is 0 Å². The van der Waals surface area contributed by atoms with Gasteiger partial charge in [-0.1, -0.05) is 55.5 Å².